The van der Waals surface area contributed by atoms with Crippen LogP contribution in [0.25, 0.3) is 0 Å². The summed E-state index contributed by atoms with van der Waals surface area (Å²) < 4.78 is 5.68. The lowest BCUT2D eigenvalue weighted by molar-refractivity contribution is -0.0155. The summed E-state index contributed by atoms with van der Waals surface area (Å²) in [5.74, 6) is 0. The third kappa shape index (κ3) is 2.45. The smallest absolute Gasteiger partial charge is 0.156 e. The van der Waals surface area contributed by atoms with Gasteiger partial charge in [0.2, 0.25) is 0 Å². The lowest BCUT2D eigenvalue weighted by Gasteiger charge is -2.16. The topological polar surface area (TPSA) is 30.8 Å². The summed E-state index contributed by atoms with van der Waals surface area (Å²) >= 11 is 0. The molecule has 2 rings (SSSR count). The average Bonchev–Trinajstić information content (AvgIpc) is 2.63. The molecule has 0 fully saturated rings. The van der Waals surface area contributed by atoms with Gasteiger partial charge < -0.3 is 9.57 Å². The highest BCUT2D eigenvalue weighted by atomic mass is 16.7. The fourth-order valence-corrected chi connectivity index (χ4v) is 1.57. The van der Waals surface area contributed by atoms with Crippen molar-refractivity contribution in [2.75, 3.05) is 6.61 Å². The van der Waals surface area contributed by atoms with Crippen molar-refractivity contribution in [2.24, 2.45) is 5.16 Å². The van der Waals surface area contributed by atoms with Crippen LogP contribution < -0.4 is 0 Å². The second-order valence-electron chi connectivity index (χ2n) is 3.68. The van der Waals surface area contributed by atoms with Crippen LogP contribution >= 0.6 is 0 Å². The third-order valence-electron chi connectivity index (χ3n) is 2.32. The van der Waals surface area contributed by atoms with E-state index in [9.17, 15) is 0 Å². The lowest BCUT2D eigenvalue weighted by atomic mass is 10.1. The number of hydrogen-bond acceptors (Lipinski definition) is 3. The lowest BCUT2D eigenvalue weighted by Crippen LogP contribution is -2.20. The molecule has 0 amide bonds. The minimum atomic E-state index is 0.120. The molecule has 1 aliphatic heterocycles. The van der Waals surface area contributed by atoms with E-state index in [0.29, 0.717) is 6.61 Å². The maximum atomic E-state index is 5.68. The highest BCUT2D eigenvalue weighted by Gasteiger charge is 2.19. The number of allylic oxidation sites excluding steroid dienone is 2. The van der Waals surface area contributed by atoms with E-state index in [0.717, 1.165) is 18.6 Å². The number of nitrogens with zero attached hydrogens (tertiary/aromatic N) is 1. The summed E-state index contributed by atoms with van der Waals surface area (Å²) in [6, 6.07) is 0. The van der Waals surface area contributed by atoms with Gasteiger partial charge in [0.1, 0.15) is 0 Å². The SMILES string of the molecule is CC1=NOC(COC2C=CC=CC2)C1. The molecule has 1 aliphatic carbocycles. The van der Waals surface area contributed by atoms with Crippen molar-refractivity contribution in [3.63, 3.8) is 0 Å². The van der Waals surface area contributed by atoms with Crippen LogP contribution in [0.4, 0.5) is 0 Å². The van der Waals surface area contributed by atoms with E-state index in [1.165, 1.54) is 0 Å². The first-order valence-corrected chi connectivity index (χ1v) is 4.99. The quantitative estimate of drug-likeness (QED) is 0.686. The van der Waals surface area contributed by atoms with Crippen LogP contribution in [0.3, 0.4) is 0 Å². The minimum Gasteiger partial charge on any atom is -0.390 e. The molecule has 2 unspecified atom stereocenters. The van der Waals surface area contributed by atoms with Gasteiger partial charge in [-0.15, -0.1) is 0 Å². The molecular weight excluding hydrogens is 178 g/mol. The predicted molar refractivity (Wildman–Crippen MR) is 55.2 cm³/mol. The van der Waals surface area contributed by atoms with Gasteiger partial charge in [0.25, 0.3) is 0 Å². The van der Waals surface area contributed by atoms with Gasteiger partial charge >= 0.3 is 0 Å². The molecule has 0 saturated carbocycles. The molecule has 0 aromatic carbocycles. The molecule has 0 N–H and O–H groups in total. The zero-order valence-electron chi connectivity index (χ0n) is 8.35. The van der Waals surface area contributed by atoms with Gasteiger partial charge in [0, 0.05) is 6.42 Å². The average molecular weight is 193 g/mol. The molecule has 76 valence electrons. The molecule has 3 nitrogen and oxygen atoms in total. The van der Waals surface area contributed by atoms with Gasteiger partial charge in [0.15, 0.2) is 6.10 Å². The van der Waals surface area contributed by atoms with Crippen molar-refractivity contribution in [2.45, 2.75) is 32.0 Å². The standard InChI is InChI=1S/C11H15NO2/c1-9-7-11(14-12-9)8-13-10-5-3-2-4-6-10/h2-5,10-11H,6-8H2,1H3. The Hall–Kier alpha value is -1.09. The van der Waals surface area contributed by atoms with Gasteiger partial charge in [0.05, 0.1) is 18.4 Å². The summed E-state index contributed by atoms with van der Waals surface area (Å²) in [6.45, 7) is 2.60. The van der Waals surface area contributed by atoms with Crippen LogP contribution in [-0.2, 0) is 9.57 Å². The molecule has 0 radical (unpaired) electrons. The molecular formula is C11H15NO2. The Kier molecular flexibility index (Phi) is 2.99. The summed E-state index contributed by atoms with van der Waals surface area (Å²) in [7, 11) is 0. The van der Waals surface area contributed by atoms with Crippen molar-refractivity contribution < 1.29 is 9.57 Å². The normalized spacial score (nSPS) is 30.2. The molecule has 14 heavy (non-hydrogen) atoms. The van der Waals surface area contributed by atoms with Gasteiger partial charge in [-0.25, -0.2) is 0 Å². The van der Waals surface area contributed by atoms with Crippen molar-refractivity contribution in [1.82, 2.24) is 0 Å². The molecule has 0 aromatic rings. The van der Waals surface area contributed by atoms with E-state index < -0.39 is 0 Å². The van der Waals surface area contributed by atoms with E-state index in [1.807, 2.05) is 19.1 Å². The Bertz CT molecular complexity index is 281. The van der Waals surface area contributed by atoms with Crippen molar-refractivity contribution in [3.05, 3.63) is 24.3 Å². The van der Waals surface area contributed by atoms with E-state index in [2.05, 4.69) is 17.3 Å². The van der Waals surface area contributed by atoms with Crippen LogP contribution in [0.2, 0.25) is 0 Å². The Labute approximate surface area is 84.1 Å². The summed E-state index contributed by atoms with van der Waals surface area (Å²) in [4.78, 5) is 5.18. The Morgan fingerprint density at radius 1 is 1.57 bits per heavy atom. The Morgan fingerprint density at radius 2 is 2.50 bits per heavy atom. The van der Waals surface area contributed by atoms with Crippen molar-refractivity contribution >= 4 is 5.71 Å². The third-order valence-corrected chi connectivity index (χ3v) is 2.32. The van der Waals surface area contributed by atoms with Gasteiger partial charge in [-0.05, 0) is 13.3 Å². The minimum absolute atomic E-state index is 0.120. The highest BCUT2D eigenvalue weighted by molar-refractivity contribution is 5.82. The predicted octanol–water partition coefficient (Wildman–Crippen LogP) is 2.05. The van der Waals surface area contributed by atoms with Crippen LogP contribution in [-0.4, -0.2) is 24.5 Å². The maximum absolute atomic E-state index is 5.68. The van der Waals surface area contributed by atoms with Gasteiger partial charge in [-0.2, -0.15) is 0 Å². The molecule has 1 heterocycles. The fourth-order valence-electron chi connectivity index (χ4n) is 1.57. The monoisotopic (exact) mass is 193 g/mol. The number of oxime groups is 1. The highest BCUT2D eigenvalue weighted by Crippen LogP contribution is 2.13. The van der Waals surface area contributed by atoms with E-state index in [1.54, 1.807) is 0 Å². The molecule has 2 aliphatic rings. The largest absolute Gasteiger partial charge is 0.390 e. The van der Waals surface area contributed by atoms with Crippen molar-refractivity contribution in [3.8, 4) is 0 Å². The van der Waals surface area contributed by atoms with Crippen molar-refractivity contribution in [1.29, 1.82) is 0 Å². The molecule has 0 bridgehead atoms. The molecule has 0 saturated heterocycles. The number of ether oxygens (including phenoxy) is 1. The van der Waals surface area contributed by atoms with Gasteiger partial charge in [-0.1, -0.05) is 29.5 Å². The van der Waals surface area contributed by atoms with E-state index in [-0.39, 0.29) is 12.2 Å². The maximum Gasteiger partial charge on any atom is 0.156 e. The van der Waals surface area contributed by atoms with E-state index >= 15 is 0 Å². The van der Waals surface area contributed by atoms with Crippen LogP contribution in [0.5, 0.6) is 0 Å². The zero-order chi connectivity index (χ0) is 9.80. The molecule has 2 atom stereocenters. The second kappa shape index (κ2) is 4.42. The Morgan fingerprint density at radius 3 is 3.14 bits per heavy atom. The second-order valence-corrected chi connectivity index (χ2v) is 3.68. The summed E-state index contributed by atoms with van der Waals surface area (Å²) in [5.41, 5.74) is 1.05. The molecule has 3 heteroatoms. The van der Waals surface area contributed by atoms with Gasteiger partial charge in [-0.3, -0.25) is 0 Å². The first-order chi connectivity index (χ1) is 6.84. The first-order valence-electron chi connectivity index (χ1n) is 4.99. The van der Waals surface area contributed by atoms with Crippen LogP contribution in [0.15, 0.2) is 29.5 Å². The number of hydrogen-bond donors (Lipinski definition) is 0. The zero-order valence-corrected chi connectivity index (χ0v) is 8.35. The van der Waals surface area contributed by atoms with Crippen LogP contribution in [0, 0.1) is 0 Å². The van der Waals surface area contributed by atoms with E-state index in [4.69, 9.17) is 9.57 Å². The number of rotatable bonds is 3. The summed E-state index contributed by atoms with van der Waals surface area (Å²) in [6.07, 6.45) is 10.4. The van der Waals surface area contributed by atoms with Crippen LogP contribution in [0.1, 0.15) is 19.8 Å². The molecule has 0 aromatic heterocycles. The first kappa shape index (κ1) is 9.46. The molecule has 0 spiro atoms. The Balaban J connectivity index is 1.68. The fraction of sp³-hybridized carbons (Fsp3) is 0.545. The summed E-state index contributed by atoms with van der Waals surface area (Å²) in [5, 5.41) is 3.89.